The molecule has 0 aliphatic rings. The van der Waals surface area contributed by atoms with Crippen molar-refractivity contribution in [3.05, 3.63) is 58.1 Å². The summed E-state index contributed by atoms with van der Waals surface area (Å²) < 4.78 is 4.64. The lowest BCUT2D eigenvalue weighted by molar-refractivity contribution is 0.0600. The van der Waals surface area contributed by atoms with Crippen molar-refractivity contribution >= 4 is 29.2 Å². The number of allylic oxidation sites excluding steroid dienone is 1. The highest BCUT2D eigenvalue weighted by Gasteiger charge is 2.06. The SMILES string of the molecule is COC(=O)c1cccc(C=CC(=O)c2nccs2)c1. The van der Waals surface area contributed by atoms with Crippen molar-refractivity contribution in [1.82, 2.24) is 4.98 Å². The van der Waals surface area contributed by atoms with Gasteiger partial charge in [0.25, 0.3) is 0 Å². The molecule has 0 N–H and O–H groups in total. The Labute approximate surface area is 114 Å². The molecule has 1 aromatic carbocycles. The molecule has 0 spiro atoms. The van der Waals surface area contributed by atoms with E-state index in [9.17, 15) is 9.59 Å². The highest BCUT2D eigenvalue weighted by Crippen LogP contribution is 2.10. The van der Waals surface area contributed by atoms with Gasteiger partial charge < -0.3 is 4.74 Å². The number of aromatic nitrogens is 1. The second-order valence-corrected chi connectivity index (χ2v) is 4.55. The van der Waals surface area contributed by atoms with Gasteiger partial charge in [0.15, 0.2) is 5.01 Å². The van der Waals surface area contributed by atoms with Gasteiger partial charge in [0, 0.05) is 11.6 Å². The van der Waals surface area contributed by atoms with Crippen molar-refractivity contribution in [3.63, 3.8) is 0 Å². The highest BCUT2D eigenvalue weighted by atomic mass is 32.1. The van der Waals surface area contributed by atoms with Crippen LogP contribution in [0.15, 0.2) is 41.9 Å². The number of ether oxygens (including phenoxy) is 1. The number of benzene rings is 1. The van der Waals surface area contributed by atoms with E-state index >= 15 is 0 Å². The predicted octanol–water partition coefficient (Wildman–Crippen LogP) is 2.83. The molecule has 1 aromatic heterocycles. The summed E-state index contributed by atoms with van der Waals surface area (Å²) in [6.45, 7) is 0. The van der Waals surface area contributed by atoms with Crippen molar-refractivity contribution in [2.24, 2.45) is 0 Å². The topological polar surface area (TPSA) is 56.3 Å². The summed E-state index contributed by atoms with van der Waals surface area (Å²) in [5.74, 6) is -0.556. The van der Waals surface area contributed by atoms with E-state index in [4.69, 9.17) is 0 Å². The molecule has 96 valence electrons. The number of rotatable bonds is 4. The number of methoxy groups -OCH3 is 1. The van der Waals surface area contributed by atoms with Gasteiger partial charge in [-0.05, 0) is 23.8 Å². The van der Waals surface area contributed by atoms with Gasteiger partial charge in [-0.2, -0.15) is 0 Å². The Balaban J connectivity index is 2.15. The molecule has 0 unspecified atom stereocenters. The number of carbonyl (C=O) groups is 2. The van der Waals surface area contributed by atoms with Crippen molar-refractivity contribution in [3.8, 4) is 0 Å². The summed E-state index contributed by atoms with van der Waals surface area (Å²) in [6.07, 6.45) is 4.68. The van der Waals surface area contributed by atoms with Gasteiger partial charge in [-0.15, -0.1) is 11.3 Å². The third-order valence-corrected chi connectivity index (χ3v) is 3.17. The molecule has 0 saturated carbocycles. The largest absolute Gasteiger partial charge is 0.465 e. The number of hydrogen-bond acceptors (Lipinski definition) is 5. The van der Waals surface area contributed by atoms with Crippen LogP contribution in [-0.4, -0.2) is 23.8 Å². The van der Waals surface area contributed by atoms with Gasteiger partial charge in [0.2, 0.25) is 5.78 Å². The molecular formula is C14H11NO3S. The fourth-order valence-corrected chi connectivity index (χ4v) is 2.03. The Bertz CT molecular complexity index is 617. The lowest BCUT2D eigenvalue weighted by Crippen LogP contribution is -2.00. The van der Waals surface area contributed by atoms with E-state index in [1.54, 1.807) is 41.9 Å². The summed E-state index contributed by atoms with van der Waals surface area (Å²) in [4.78, 5) is 27.0. The van der Waals surface area contributed by atoms with Gasteiger partial charge in [-0.3, -0.25) is 4.79 Å². The molecular weight excluding hydrogens is 262 g/mol. The minimum absolute atomic E-state index is 0.154. The van der Waals surface area contributed by atoms with E-state index in [0.29, 0.717) is 10.6 Å². The van der Waals surface area contributed by atoms with Crippen LogP contribution in [0.5, 0.6) is 0 Å². The molecule has 0 aliphatic carbocycles. The van der Waals surface area contributed by atoms with Crippen LogP contribution in [0.4, 0.5) is 0 Å². The molecule has 2 rings (SSSR count). The first-order valence-corrected chi connectivity index (χ1v) is 6.39. The van der Waals surface area contributed by atoms with Crippen LogP contribution in [0.3, 0.4) is 0 Å². The summed E-state index contributed by atoms with van der Waals surface area (Å²) >= 11 is 1.29. The molecule has 0 bridgehead atoms. The first-order valence-electron chi connectivity index (χ1n) is 5.51. The summed E-state index contributed by atoms with van der Waals surface area (Å²) in [5, 5.41) is 2.19. The molecule has 0 radical (unpaired) electrons. The number of ketones is 1. The lowest BCUT2D eigenvalue weighted by Gasteiger charge is -1.99. The second kappa shape index (κ2) is 6.06. The number of nitrogens with zero attached hydrogens (tertiary/aromatic N) is 1. The molecule has 0 fully saturated rings. The molecule has 1 heterocycles. The molecule has 19 heavy (non-hydrogen) atoms. The van der Waals surface area contributed by atoms with E-state index in [1.807, 2.05) is 0 Å². The fraction of sp³-hybridized carbons (Fsp3) is 0.0714. The van der Waals surface area contributed by atoms with Crippen molar-refractivity contribution < 1.29 is 14.3 Å². The molecule has 0 aliphatic heterocycles. The minimum Gasteiger partial charge on any atom is -0.465 e. The third kappa shape index (κ3) is 3.35. The van der Waals surface area contributed by atoms with Crippen LogP contribution in [0.2, 0.25) is 0 Å². The van der Waals surface area contributed by atoms with Gasteiger partial charge in [-0.1, -0.05) is 18.2 Å². The Kier molecular flexibility index (Phi) is 4.20. The van der Waals surface area contributed by atoms with Crippen LogP contribution in [0.1, 0.15) is 25.7 Å². The van der Waals surface area contributed by atoms with E-state index in [0.717, 1.165) is 5.56 Å². The van der Waals surface area contributed by atoms with E-state index in [1.165, 1.54) is 24.5 Å². The number of hydrogen-bond donors (Lipinski definition) is 0. The smallest absolute Gasteiger partial charge is 0.337 e. The van der Waals surface area contributed by atoms with Gasteiger partial charge in [-0.25, -0.2) is 9.78 Å². The number of carbonyl (C=O) groups excluding carboxylic acids is 2. The second-order valence-electron chi connectivity index (χ2n) is 3.65. The summed E-state index contributed by atoms with van der Waals surface area (Å²) in [7, 11) is 1.33. The first-order chi connectivity index (χ1) is 9.20. The molecule has 2 aromatic rings. The monoisotopic (exact) mass is 273 g/mol. The van der Waals surface area contributed by atoms with Gasteiger partial charge >= 0.3 is 5.97 Å². The van der Waals surface area contributed by atoms with E-state index in [-0.39, 0.29) is 5.78 Å². The van der Waals surface area contributed by atoms with E-state index < -0.39 is 5.97 Å². The van der Waals surface area contributed by atoms with Crippen LogP contribution in [0.25, 0.3) is 6.08 Å². The van der Waals surface area contributed by atoms with Crippen LogP contribution in [0, 0.1) is 0 Å². The summed E-state index contributed by atoms with van der Waals surface area (Å²) in [6, 6.07) is 6.86. The zero-order valence-corrected chi connectivity index (χ0v) is 11.0. The first kappa shape index (κ1) is 13.2. The maximum Gasteiger partial charge on any atom is 0.337 e. The Morgan fingerprint density at radius 3 is 2.89 bits per heavy atom. The van der Waals surface area contributed by atoms with Crippen LogP contribution in [-0.2, 0) is 4.74 Å². The lowest BCUT2D eigenvalue weighted by atomic mass is 10.1. The highest BCUT2D eigenvalue weighted by molar-refractivity contribution is 7.11. The standard InChI is InChI=1S/C14H11NO3S/c1-18-14(17)11-4-2-3-10(9-11)5-6-12(16)13-15-7-8-19-13/h2-9H,1H3. The molecule has 0 amide bonds. The Morgan fingerprint density at radius 1 is 1.37 bits per heavy atom. The van der Waals surface area contributed by atoms with Gasteiger partial charge in [0.05, 0.1) is 12.7 Å². The maximum atomic E-state index is 11.7. The average Bonchev–Trinajstić information content (AvgIpc) is 2.98. The average molecular weight is 273 g/mol. The third-order valence-electron chi connectivity index (χ3n) is 2.38. The van der Waals surface area contributed by atoms with Crippen molar-refractivity contribution in [2.75, 3.05) is 7.11 Å². The minimum atomic E-state index is -0.401. The van der Waals surface area contributed by atoms with E-state index in [2.05, 4.69) is 9.72 Å². The number of thiazole rings is 1. The van der Waals surface area contributed by atoms with Gasteiger partial charge in [0.1, 0.15) is 0 Å². The molecule has 4 nitrogen and oxygen atoms in total. The zero-order valence-electron chi connectivity index (χ0n) is 10.2. The normalized spacial score (nSPS) is 10.6. The zero-order chi connectivity index (χ0) is 13.7. The Hall–Kier alpha value is -2.27. The molecule has 0 saturated heterocycles. The van der Waals surface area contributed by atoms with Crippen LogP contribution >= 0.6 is 11.3 Å². The quantitative estimate of drug-likeness (QED) is 0.488. The molecule has 5 heteroatoms. The Morgan fingerprint density at radius 2 is 2.21 bits per heavy atom. The van der Waals surface area contributed by atoms with Crippen molar-refractivity contribution in [2.45, 2.75) is 0 Å². The van der Waals surface area contributed by atoms with Crippen molar-refractivity contribution in [1.29, 1.82) is 0 Å². The van der Waals surface area contributed by atoms with Crippen LogP contribution < -0.4 is 0 Å². The molecule has 0 atom stereocenters. The fourth-order valence-electron chi connectivity index (χ4n) is 1.48. The maximum absolute atomic E-state index is 11.7. The number of esters is 1. The predicted molar refractivity (Wildman–Crippen MR) is 73.3 cm³/mol. The summed E-state index contributed by atoms with van der Waals surface area (Å²) in [5.41, 5.74) is 1.21.